The van der Waals surface area contributed by atoms with Gasteiger partial charge >= 0.3 is 6.03 Å². The summed E-state index contributed by atoms with van der Waals surface area (Å²) in [6.45, 7) is 3.58. The molecule has 2 amide bonds. The number of hydrogen-bond donors (Lipinski definition) is 1. The van der Waals surface area contributed by atoms with Gasteiger partial charge in [-0.1, -0.05) is 24.3 Å². The molecule has 1 fully saturated rings. The quantitative estimate of drug-likeness (QED) is 0.642. The van der Waals surface area contributed by atoms with Crippen molar-refractivity contribution in [1.82, 2.24) is 10.2 Å². The molecule has 6 heteroatoms. The number of anilines is 1. The van der Waals surface area contributed by atoms with Gasteiger partial charge in [-0.05, 0) is 42.3 Å². The van der Waals surface area contributed by atoms with E-state index in [9.17, 15) is 4.79 Å². The minimum atomic E-state index is 0.000158. The number of nitrogens with zero attached hydrogens (tertiary/aromatic N) is 2. The maximum atomic E-state index is 12.4. The molecule has 0 aliphatic carbocycles. The van der Waals surface area contributed by atoms with Crippen LogP contribution >= 0.6 is 23.1 Å². The van der Waals surface area contributed by atoms with Gasteiger partial charge in [0.1, 0.15) is 0 Å². The maximum absolute atomic E-state index is 12.4. The summed E-state index contributed by atoms with van der Waals surface area (Å²) in [5.41, 5.74) is 2.51. The Labute approximate surface area is 170 Å². The van der Waals surface area contributed by atoms with Crippen LogP contribution in [0.25, 0.3) is 0 Å². The number of piperidine rings is 1. The summed E-state index contributed by atoms with van der Waals surface area (Å²) < 4.78 is 0. The van der Waals surface area contributed by atoms with E-state index < -0.39 is 0 Å². The van der Waals surface area contributed by atoms with Gasteiger partial charge in [-0.25, -0.2) is 4.79 Å². The summed E-state index contributed by atoms with van der Waals surface area (Å²) in [5.74, 6) is 1.95. The molecule has 1 N–H and O–H groups in total. The highest BCUT2D eigenvalue weighted by molar-refractivity contribution is 7.98. The lowest BCUT2D eigenvalue weighted by atomic mass is 10.1. The number of hydrogen-bond acceptors (Lipinski definition) is 4. The first-order chi connectivity index (χ1) is 13.2. The average molecular weight is 404 g/mol. The highest BCUT2D eigenvalue weighted by Crippen LogP contribution is 2.25. The maximum Gasteiger partial charge on any atom is 0.317 e. The minimum Gasteiger partial charge on any atom is -0.371 e. The highest BCUT2D eigenvalue weighted by Gasteiger charge is 2.16. The average Bonchev–Trinajstić information content (AvgIpc) is 3.22. The molecule has 2 heterocycles. The highest BCUT2D eigenvalue weighted by atomic mass is 32.2. The van der Waals surface area contributed by atoms with E-state index in [0.29, 0.717) is 13.1 Å². The topological polar surface area (TPSA) is 35.6 Å². The SMILES string of the molecule is CN(Cc1ccccc1N1CCCCC1)C(=O)NCCSCc1cccs1. The fourth-order valence-electron chi connectivity index (χ4n) is 3.35. The summed E-state index contributed by atoms with van der Waals surface area (Å²) in [5, 5.41) is 5.14. The van der Waals surface area contributed by atoms with Crippen LogP contribution in [0.5, 0.6) is 0 Å². The van der Waals surface area contributed by atoms with Crippen molar-refractivity contribution < 1.29 is 4.79 Å². The number of benzene rings is 1. The van der Waals surface area contributed by atoms with E-state index in [1.807, 2.05) is 18.8 Å². The van der Waals surface area contributed by atoms with Crippen LogP contribution < -0.4 is 10.2 Å². The zero-order valence-electron chi connectivity index (χ0n) is 16.0. The zero-order chi connectivity index (χ0) is 18.9. The largest absolute Gasteiger partial charge is 0.371 e. The molecule has 1 aliphatic rings. The third-order valence-electron chi connectivity index (χ3n) is 4.79. The molecule has 1 aromatic carbocycles. The molecule has 1 aromatic heterocycles. The third-order valence-corrected chi connectivity index (χ3v) is 6.86. The van der Waals surface area contributed by atoms with Gasteiger partial charge in [0.2, 0.25) is 0 Å². The van der Waals surface area contributed by atoms with Crippen molar-refractivity contribution in [2.45, 2.75) is 31.6 Å². The van der Waals surface area contributed by atoms with Crippen LogP contribution in [0, 0.1) is 0 Å². The second-order valence-electron chi connectivity index (χ2n) is 6.90. The molecule has 0 spiro atoms. The van der Waals surface area contributed by atoms with Crippen LogP contribution in [0.4, 0.5) is 10.5 Å². The number of para-hydroxylation sites is 1. The molecule has 0 atom stereocenters. The van der Waals surface area contributed by atoms with Crippen molar-refractivity contribution in [2.24, 2.45) is 0 Å². The van der Waals surface area contributed by atoms with Gasteiger partial charge in [-0.2, -0.15) is 11.8 Å². The number of nitrogens with one attached hydrogen (secondary N) is 1. The van der Waals surface area contributed by atoms with E-state index in [1.54, 1.807) is 16.2 Å². The van der Waals surface area contributed by atoms with Crippen LogP contribution in [0.3, 0.4) is 0 Å². The first kappa shape index (κ1) is 20.1. The number of urea groups is 1. The summed E-state index contributed by atoms with van der Waals surface area (Å²) in [6.07, 6.45) is 3.84. The van der Waals surface area contributed by atoms with Crippen LogP contribution in [0.2, 0.25) is 0 Å². The molecule has 2 aromatic rings. The van der Waals surface area contributed by atoms with Gasteiger partial charge in [0, 0.05) is 55.3 Å². The van der Waals surface area contributed by atoms with Crippen LogP contribution in [-0.2, 0) is 12.3 Å². The summed E-state index contributed by atoms with van der Waals surface area (Å²) in [7, 11) is 1.88. The molecule has 146 valence electrons. The number of carbonyl (C=O) groups excluding carboxylic acids is 1. The zero-order valence-corrected chi connectivity index (χ0v) is 17.7. The van der Waals surface area contributed by atoms with E-state index >= 15 is 0 Å². The van der Waals surface area contributed by atoms with Gasteiger partial charge in [0.25, 0.3) is 0 Å². The first-order valence-electron chi connectivity index (χ1n) is 9.66. The molecule has 3 rings (SSSR count). The van der Waals surface area contributed by atoms with E-state index in [1.165, 1.54) is 35.4 Å². The van der Waals surface area contributed by atoms with Crippen molar-refractivity contribution in [3.05, 3.63) is 52.2 Å². The Morgan fingerprint density at radius 3 is 2.78 bits per heavy atom. The third kappa shape index (κ3) is 6.18. The number of amides is 2. The number of carbonyl (C=O) groups is 1. The lowest BCUT2D eigenvalue weighted by Gasteiger charge is -2.31. The first-order valence-corrected chi connectivity index (χ1v) is 11.7. The van der Waals surface area contributed by atoms with Gasteiger partial charge in [0.15, 0.2) is 0 Å². The summed E-state index contributed by atoms with van der Waals surface area (Å²) >= 11 is 3.65. The lowest BCUT2D eigenvalue weighted by Crippen LogP contribution is -2.38. The fraction of sp³-hybridized carbons (Fsp3) is 0.476. The lowest BCUT2D eigenvalue weighted by molar-refractivity contribution is 0.207. The fourth-order valence-corrected chi connectivity index (χ4v) is 5.05. The van der Waals surface area contributed by atoms with Crippen molar-refractivity contribution >= 4 is 34.8 Å². The predicted molar refractivity (Wildman–Crippen MR) is 118 cm³/mol. The molecule has 27 heavy (non-hydrogen) atoms. The molecule has 0 saturated carbocycles. The standard InChI is InChI=1S/C21H29N3OS2/c1-23(21(25)22-11-15-26-17-19-9-7-14-27-19)16-18-8-3-4-10-20(18)24-12-5-2-6-13-24/h3-4,7-10,14H,2,5-6,11-13,15-17H2,1H3,(H,22,25). The summed E-state index contributed by atoms with van der Waals surface area (Å²) in [4.78, 5) is 18.1. The Morgan fingerprint density at radius 2 is 2.00 bits per heavy atom. The molecular weight excluding hydrogens is 374 g/mol. The second kappa shape index (κ2) is 10.6. The van der Waals surface area contributed by atoms with E-state index in [0.717, 1.165) is 24.6 Å². The molecule has 4 nitrogen and oxygen atoms in total. The number of thiophene rings is 1. The van der Waals surface area contributed by atoms with E-state index in [4.69, 9.17) is 0 Å². The van der Waals surface area contributed by atoms with Gasteiger partial charge in [0.05, 0.1) is 0 Å². The molecule has 1 aliphatic heterocycles. The normalized spacial score (nSPS) is 14.2. The van der Waals surface area contributed by atoms with Gasteiger partial charge in [-0.3, -0.25) is 0 Å². The Kier molecular flexibility index (Phi) is 7.90. The van der Waals surface area contributed by atoms with Gasteiger partial charge < -0.3 is 15.1 Å². The van der Waals surface area contributed by atoms with Crippen LogP contribution in [0.1, 0.15) is 29.7 Å². The Morgan fingerprint density at radius 1 is 1.19 bits per heavy atom. The van der Waals surface area contributed by atoms with Crippen LogP contribution in [-0.4, -0.2) is 43.4 Å². The smallest absolute Gasteiger partial charge is 0.317 e. The van der Waals surface area contributed by atoms with E-state index in [-0.39, 0.29) is 6.03 Å². The molecular formula is C21H29N3OS2. The number of rotatable bonds is 8. The van der Waals surface area contributed by atoms with Crippen LogP contribution in [0.15, 0.2) is 41.8 Å². The summed E-state index contributed by atoms with van der Waals surface area (Å²) in [6, 6.07) is 12.7. The number of thioether (sulfide) groups is 1. The Balaban J connectivity index is 1.44. The molecule has 1 saturated heterocycles. The molecule has 0 unspecified atom stereocenters. The van der Waals surface area contributed by atoms with Crippen molar-refractivity contribution in [2.75, 3.05) is 37.3 Å². The van der Waals surface area contributed by atoms with Gasteiger partial charge in [-0.15, -0.1) is 11.3 Å². The van der Waals surface area contributed by atoms with Crippen molar-refractivity contribution in [1.29, 1.82) is 0 Å². The van der Waals surface area contributed by atoms with Crippen molar-refractivity contribution in [3.63, 3.8) is 0 Å². The monoisotopic (exact) mass is 403 g/mol. The Bertz CT molecular complexity index is 699. The molecule has 0 radical (unpaired) electrons. The van der Waals surface area contributed by atoms with E-state index in [2.05, 4.69) is 52.0 Å². The Hall–Kier alpha value is -1.66. The minimum absolute atomic E-state index is 0.000158. The second-order valence-corrected chi connectivity index (χ2v) is 9.03. The predicted octanol–water partition coefficient (Wildman–Crippen LogP) is 4.81. The van der Waals surface area contributed by atoms with Crippen molar-refractivity contribution in [3.8, 4) is 0 Å². The molecule has 0 bridgehead atoms.